The van der Waals surface area contributed by atoms with Gasteiger partial charge in [-0.05, 0) is 50.2 Å². The molecule has 152 valence electrons. The number of fused-ring (bicyclic) bond motifs is 1. The number of nitrogens with zero attached hydrogens (tertiary/aromatic N) is 5. The second kappa shape index (κ2) is 7.52. The molecule has 0 aliphatic heterocycles. The molecule has 0 unspecified atom stereocenters. The Morgan fingerprint density at radius 3 is 2.47 bits per heavy atom. The van der Waals surface area contributed by atoms with Crippen LogP contribution in [0.5, 0.6) is 0 Å². The summed E-state index contributed by atoms with van der Waals surface area (Å²) in [7, 11) is -3.85. The van der Waals surface area contributed by atoms with Crippen molar-refractivity contribution < 1.29 is 13.2 Å². The lowest BCUT2D eigenvalue weighted by molar-refractivity contribution is 0.102. The summed E-state index contributed by atoms with van der Waals surface area (Å²) in [5, 5.41) is 6.93. The van der Waals surface area contributed by atoms with Gasteiger partial charge in [-0.25, -0.2) is 32.6 Å². The number of carbonyl (C=O) groups excluding carboxylic acids is 1. The number of hydrogen-bond acceptors (Lipinski definition) is 7. The number of anilines is 2. The number of amides is 1. The standard InChI is InChI=1S/C19H17N7O3S/c1-12-10-13(2)26-17(23-12)16(11-22-26)18(27)24-14-4-6-15(7-5-14)30(28,29)25-19-20-8-3-9-21-19/h3-11H,1-2H3,(H,24,27)(H,20,21,25). The zero-order valence-corrected chi connectivity index (χ0v) is 16.9. The van der Waals surface area contributed by atoms with E-state index in [1.165, 1.54) is 42.9 Å². The van der Waals surface area contributed by atoms with Crippen molar-refractivity contribution in [2.75, 3.05) is 10.0 Å². The fourth-order valence-electron chi connectivity index (χ4n) is 2.88. The molecule has 1 amide bonds. The first kappa shape index (κ1) is 19.5. The number of rotatable bonds is 5. The highest BCUT2D eigenvalue weighted by Crippen LogP contribution is 2.18. The van der Waals surface area contributed by atoms with E-state index in [4.69, 9.17) is 0 Å². The van der Waals surface area contributed by atoms with Gasteiger partial charge in [0.15, 0.2) is 5.65 Å². The number of hydrogen-bond donors (Lipinski definition) is 2. The van der Waals surface area contributed by atoms with Crippen LogP contribution in [0.3, 0.4) is 0 Å². The third-order valence-electron chi connectivity index (χ3n) is 4.24. The first-order chi connectivity index (χ1) is 14.3. The second-order valence-electron chi connectivity index (χ2n) is 6.49. The summed E-state index contributed by atoms with van der Waals surface area (Å²) >= 11 is 0. The van der Waals surface area contributed by atoms with Crippen molar-refractivity contribution in [3.8, 4) is 0 Å². The Morgan fingerprint density at radius 1 is 1.07 bits per heavy atom. The molecule has 0 fully saturated rings. The van der Waals surface area contributed by atoms with Gasteiger partial charge in [-0.2, -0.15) is 5.10 Å². The van der Waals surface area contributed by atoms with Crippen LogP contribution in [0.2, 0.25) is 0 Å². The van der Waals surface area contributed by atoms with Crippen LogP contribution in [0, 0.1) is 13.8 Å². The van der Waals surface area contributed by atoms with Gasteiger partial charge in [0.1, 0.15) is 5.56 Å². The SMILES string of the molecule is Cc1cc(C)n2ncc(C(=O)Nc3ccc(S(=O)(=O)Nc4ncccn4)cc3)c2n1. The van der Waals surface area contributed by atoms with Gasteiger partial charge >= 0.3 is 0 Å². The van der Waals surface area contributed by atoms with Crippen LogP contribution < -0.4 is 10.0 Å². The number of nitrogens with one attached hydrogen (secondary N) is 2. The van der Waals surface area contributed by atoms with Gasteiger partial charge < -0.3 is 5.32 Å². The summed E-state index contributed by atoms with van der Waals surface area (Å²) in [6, 6.07) is 9.20. The first-order valence-corrected chi connectivity index (χ1v) is 10.3. The maximum Gasteiger partial charge on any atom is 0.264 e. The molecule has 0 aliphatic carbocycles. The molecule has 0 saturated carbocycles. The summed E-state index contributed by atoms with van der Waals surface area (Å²) in [4.78, 5) is 24.8. The molecule has 0 atom stereocenters. The van der Waals surface area contributed by atoms with Crippen molar-refractivity contribution in [2.45, 2.75) is 18.7 Å². The number of benzene rings is 1. The van der Waals surface area contributed by atoms with Crippen LogP contribution in [0.1, 0.15) is 21.7 Å². The van der Waals surface area contributed by atoms with Crippen LogP contribution in [-0.2, 0) is 10.0 Å². The van der Waals surface area contributed by atoms with Gasteiger partial charge in [0.2, 0.25) is 5.95 Å². The Hall–Kier alpha value is -3.86. The van der Waals surface area contributed by atoms with E-state index in [0.29, 0.717) is 16.9 Å². The maximum absolute atomic E-state index is 12.7. The van der Waals surface area contributed by atoms with Crippen LogP contribution in [-0.4, -0.2) is 38.9 Å². The largest absolute Gasteiger partial charge is 0.322 e. The average Bonchev–Trinajstić information content (AvgIpc) is 3.13. The Kier molecular flexibility index (Phi) is 4.88. The highest BCUT2D eigenvalue weighted by Gasteiger charge is 2.18. The molecule has 11 heteroatoms. The third kappa shape index (κ3) is 3.82. The van der Waals surface area contributed by atoms with Crippen molar-refractivity contribution in [3.63, 3.8) is 0 Å². The lowest BCUT2D eigenvalue weighted by Crippen LogP contribution is -2.15. The molecule has 4 rings (SSSR count). The normalized spacial score (nSPS) is 11.4. The second-order valence-corrected chi connectivity index (χ2v) is 8.17. The molecule has 2 N–H and O–H groups in total. The van der Waals surface area contributed by atoms with E-state index in [1.807, 2.05) is 19.9 Å². The van der Waals surface area contributed by atoms with E-state index in [2.05, 4.69) is 30.1 Å². The van der Waals surface area contributed by atoms with Gasteiger partial charge in [0.25, 0.3) is 15.9 Å². The van der Waals surface area contributed by atoms with Crippen LogP contribution in [0.4, 0.5) is 11.6 Å². The summed E-state index contributed by atoms with van der Waals surface area (Å²) in [5.74, 6) is -0.421. The lowest BCUT2D eigenvalue weighted by atomic mass is 10.2. The zero-order chi connectivity index (χ0) is 21.3. The smallest absolute Gasteiger partial charge is 0.264 e. The minimum Gasteiger partial charge on any atom is -0.322 e. The van der Waals surface area contributed by atoms with Crippen molar-refractivity contribution in [2.24, 2.45) is 0 Å². The minimum absolute atomic E-state index is 0.0110. The van der Waals surface area contributed by atoms with Crippen LogP contribution in [0.25, 0.3) is 5.65 Å². The summed E-state index contributed by atoms with van der Waals surface area (Å²) in [6.45, 7) is 3.72. The van der Waals surface area contributed by atoms with Crippen molar-refractivity contribution in [1.29, 1.82) is 0 Å². The molecule has 0 radical (unpaired) electrons. The maximum atomic E-state index is 12.7. The summed E-state index contributed by atoms with van der Waals surface area (Å²) in [6.07, 6.45) is 4.32. The molecule has 0 spiro atoms. The molecule has 1 aromatic carbocycles. The Bertz CT molecular complexity index is 1330. The highest BCUT2D eigenvalue weighted by molar-refractivity contribution is 7.92. The molecule has 3 heterocycles. The highest BCUT2D eigenvalue weighted by atomic mass is 32.2. The van der Waals surface area contributed by atoms with Gasteiger partial charge in [0, 0.05) is 29.5 Å². The number of sulfonamides is 1. The number of aromatic nitrogens is 5. The Morgan fingerprint density at radius 2 is 1.77 bits per heavy atom. The first-order valence-electron chi connectivity index (χ1n) is 8.87. The molecule has 0 aliphatic rings. The van der Waals surface area contributed by atoms with E-state index in [1.54, 1.807) is 10.6 Å². The monoisotopic (exact) mass is 423 g/mol. The van der Waals surface area contributed by atoms with Gasteiger partial charge in [-0.3, -0.25) is 4.79 Å². The molecule has 0 bridgehead atoms. The topological polar surface area (TPSA) is 131 Å². The molecule has 30 heavy (non-hydrogen) atoms. The third-order valence-corrected chi connectivity index (χ3v) is 5.58. The molecule has 10 nitrogen and oxygen atoms in total. The molecular formula is C19H17N7O3S. The van der Waals surface area contributed by atoms with E-state index in [9.17, 15) is 13.2 Å². The Balaban J connectivity index is 1.53. The number of aryl methyl sites for hydroxylation is 2. The predicted molar refractivity (Wildman–Crippen MR) is 110 cm³/mol. The van der Waals surface area contributed by atoms with E-state index < -0.39 is 15.9 Å². The Labute approximate surface area is 172 Å². The summed E-state index contributed by atoms with van der Waals surface area (Å²) in [5.41, 5.74) is 2.84. The minimum atomic E-state index is -3.85. The van der Waals surface area contributed by atoms with E-state index in [-0.39, 0.29) is 10.8 Å². The fraction of sp³-hybridized carbons (Fsp3) is 0.105. The van der Waals surface area contributed by atoms with Crippen LogP contribution >= 0.6 is 0 Å². The fourth-order valence-corrected chi connectivity index (χ4v) is 3.84. The predicted octanol–water partition coefficient (Wildman–Crippen LogP) is 2.19. The van der Waals surface area contributed by atoms with Gasteiger partial charge in [-0.15, -0.1) is 0 Å². The van der Waals surface area contributed by atoms with Crippen molar-refractivity contribution in [3.05, 3.63) is 71.9 Å². The quantitative estimate of drug-likeness (QED) is 0.503. The van der Waals surface area contributed by atoms with E-state index in [0.717, 1.165) is 11.4 Å². The van der Waals surface area contributed by atoms with Crippen molar-refractivity contribution in [1.82, 2.24) is 24.6 Å². The lowest BCUT2D eigenvalue weighted by Gasteiger charge is -2.08. The molecule has 3 aromatic heterocycles. The van der Waals surface area contributed by atoms with Gasteiger partial charge in [-0.1, -0.05) is 0 Å². The number of carbonyl (C=O) groups is 1. The van der Waals surface area contributed by atoms with Crippen molar-refractivity contribution >= 4 is 33.2 Å². The van der Waals surface area contributed by atoms with Crippen LogP contribution in [0.15, 0.2) is 59.9 Å². The molecule has 4 aromatic rings. The zero-order valence-electron chi connectivity index (χ0n) is 16.1. The molecular weight excluding hydrogens is 406 g/mol. The van der Waals surface area contributed by atoms with E-state index >= 15 is 0 Å². The van der Waals surface area contributed by atoms with Gasteiger partial charge in [0.05, 0.1) is 11.1 Å². The summed E-state index contributed by atoms with van der Waals surface area (Å²) < 4.78 is 28.8. The average molecular weight is 423 g/mol. The molecule has 0 saturated heterocycles.